The molecule has 1 saturated heterocycles. The van der Waals surface area contributed by atoms with Gasteiger partial charge in [0.15, 0.2) is 0 Å². The minimum absolute atomic E-state index is 0.119. The van der Waals surface area contributed by atoms with Crippen molar-refractivity contribution in [2.45, 2.75) is 12.5 Å². The lowest BCUT2D eigenvalue weighted by atomic mass is 10.0. The zero-order valence-corrected chi connectivity index (χ0v) is 16.4. The molecule has 3 N–H and O–H groups in total. The molecule has 30 heavy (non-hydrogen) atoms. The smallest absolute Gasteiger partial charge is 0.269 e. The SMILES string of the molecule is CNC(=O)c1cc(C(=O)NC2C3COCC32)cc(Cc2cccc3[nH]cc(F)c23)n1. The summed E-state index contributed by atoms with van der Waals surface area (Å²) in [7, 11) is 1.51. The monoisotopic (exact) mass is 408 g/mol. The van der Waals surface area contributed by atoms with E-state index in [2.05, 4.69) is 20.6 Å². The van der Waals surface area contributed by atoms with Crippen LogP contribution in [-0.4, -0.2) is 48.1 Å². The molecule has 8 heteroatoms. The molecule has 2 aromatic heterocycles. The van der Waals surface area contributed by atoms with E-state index in [1.54, 1.807) is 12.1 Å². The van der Waals surface area contributed by atoms with Crippen LogP contribution >= 0.6 is 0 Å². The summed E-state index contributed by atoms with van der Waals surface area (Å²) >= 11 is 0. The van der Waals surface area contributed by atoms with Gasteiger partial charge < -0.3 is 20.4 Å². The molecule has 0 radical (unpaired) electrons. The van der Waals surface area contributed by atoms with E-state index >= 15 is 0 Å². The first-order chi connectivity index (χ1) is 14.5. The Morgan fingerprint density at radius 2 is 2.03 bits per heavy atom. The summed E-state index contributed by atoms with van der Waals surface area (Å²) in [6.07, 6.45) is 1.61. The number of nitrogens with zero attached hydrogens (tertiary/aromatic N) is 1. The highest BCUT2D eigenvalue weighted by Gasteiger charge is 2.54. The maximum atomic E-state index is 14.3. The summed E-state index contributed by atoms with van der Waals surface area (Å²) in [4.78, 5) is 32.4. The highest BCUT2D eigenvalue weighted by atomic mass is 19.1. The van der Waals surface area contributed by atoms with Gasteiger partial charge in [0.2, 0.25) is 0 Å². The van der Waals surface area contributed by atoms with Crippen molar-refractivity contribution >= 4 is 22.7 Å². The van der Waals surface area contributed by atoms with E-state index in [0.717, 1.165) is 5.56 Å². The Morgan fingerprint density at radius 1 is 1.23 bits per heavy atom. The minimum atomic E-state index is -0.381. The number of hydrogen-bond acceptors (Lipinski definition) is 4. The summed E-state index contributed by atoms with van der Waals surface area (Å²) in [6.45, 7) is 1.35. The third-order valence-corrected chi connectivity index (χ3v) is 5.97. The number of benzene rings is 1. The molecule has 1 aliphatic carbocycles. The zero-order valence-electron chi connectivity index (χ0n) is 16.4. The molecule has 2 aliphatic rings. The van der Waals surface area contributed by atoms with E-state index in [1.807, 2.05) is 12.1 Å². The Labute approximate surface area is 172 Å². The number of amides is 2. The molecule has 1 aliphatic heterocycles. The molecule has 3 aromatic rings. The Balaban J connectivity index is 1.46. The number of fused-ring (bicyclic) bond motifs is 2. The van der Waals surface area contributed by atoms with Gasteiger partial charge in [-0.15, -0.1) is 0 Å². The lowest BCUT2D eigenvalue weighted by Gasteiger charge is -2.11. The molecule has 3 heterocycles. The summed E-state index contributed by atoms with van der Waals surface area (Å²) in [5.41, 5.74) is 2.46. The molecule has 154 valence electrons. The number of hydrogen-bond donors (Lipinski definition) is 3. The number of nitrogens with one attached hydrogen (secondary N) is 3. The first-order valence-electron chi connectivity index (χ1n) is 9.91. The lowest BCUT2D eigenvalue weighted by molar-refractivity contribution is 0.0928. The minimum Gasteiger partial charge on any atom is -0.381 e. The van der Waals surface area contributed by atoms with Crippen LogP contribution < -0.4 is 10.6 Å². The maximum absolute atomic E-state index is 14.3. The van der Waals surface area contributed by atoms with Crippen LogP contribution in [0.2, 0.25) is 0 Å². The van der Waals surface area contributed by atoms with E-state index < -0.39 is 0 Å². The predicted octanol–water partition coefficient (Wildman–Crippen LogP) is 2.03. The summed E-state index contributed by atoms with van der Waals surface area (Å²) < 4.78 is 19.6. The Bertz CT molecular complexity index is 1150. The normalized spacial score (nSPS) is 22.0. The summed E-state index contributed by atoms with van der Waals surface area (Å²) in [6, 6.07) is 8.72. The van der Waals surface area contributed by atoms with Crippen molar-refractivity contribution in [1.29, 1.82) is 0 Å². The van der Waals surface area contributed by atoms with E-state index in [9.17, 15) is 14.0 Å². The second-order valence-corrected chi connectivity index (χ2v) is 7.83. The second kappa shape index (κ2) is 7.21. The molecule has 5 rings (SSSR count). The van der Waals surface area contributed by atoms with Crippen LogP contribution in [0.5, 0.6) is 0 Å². The number of pyridine rings is 1. The van der Waals surface area contributed by atoms with E-state index in [1.165, 1.54) is 19.3 Å². The van der Waals surface area contributed by atoms with Crippen molar-refractivity contribution in [2.75, 3.05) is 20.3 Å². The van der Waals surface area contributed by atoms with Crippen LogP contribution in [0.15, 0.2) is 36.5 Å². The first-order valence-corrected chi connectivity index (χ1v) is 9.91. The van der Waals surface area contributed by atoms with Crippen LogP contribution in [0.1, 0.15) is 32.1 Å². The Morgan fingerprint density at radius 3 is 2.80 bits per heavy atom. The molecule has 0 spiro atoms. The molecule has 2 atom stereocenters. The number of rotatable bonds is 5. The summed E-state index contributed by atoms with van der Waals surface area (Å²) in [5.74, 6) is -0.211. The van der Waals surface area contributed by atoms with Crippen LogP contribution in [-0.2, 0) is 11.2 Å². The van der Waals surface area contributed by atoms with Gasteiger partial charge in [0.05, 0.1) is 13.2 Å². The van der Waals surface area contributed by atoms with Crippen molar-refractivity contribution in [2.24, 2.45) is 11.8 Å². The largest absolute Gasteiger partial charge is 0.381 e. The van der Waals surface area contributed by atoms with E-state index in [4.69, 9.17) is 4.74 Å². The van der Waals surface area contributed by atoms with Gasteiger partial charge in [-0.25, -0.2) is 9.37 Å². The average molecular weight is 408 g/mol. The number of ether oxygens (including phenoxy) is 1. The number of halogens is 1. The fourth-order valence-electron chi connectivity index (χ4n) is 4.30. The van der Waals surface area contributed by atoms with Crippen LogP contribution in [0, 0.1) is 17.7 Å². The fraction of sp³-hybridized carbons (Fsp3) is 0.318. The van der Waals surface area contributed by atoms with Gasteiger partial charge in [0.1, 0.15) is 11.5 Å². The third-order valence-electron chi connectivity index (χ3n) is 5.97. The predicted molar refractivity (Wildman–Crippen MR) is 108 cm³/mol. The van der Waals surface area contributed by atoms with Crippen molar-refractivity contribution in [3.63, 3.8) is 0 Å². The Kier molecular flexibility index (Phi) is 4.51. The van der Waals surface area contributed by atoms with E-state index in [-0.39, 0.29) is 29.4 Å². The van der Waals surface area contributed by atoms with Crippen molar-refractivity contribution < 1.29 is 18.7 Å². The average Bonchev–Trinajstić information content (AvgIpc) is 3.10. The lowest BCUT2D eigenvalue weighted by Crippen LogP contribution is -2.30. The van der Waals surface area contributed by atoms with Crippen molar-refractivity contribution in [3.05, 3.63) is 64.9 Å². The molecule has 1 saturated carbocycles. The van der Waals surface area contributed by atoms with Gasteiger partial charge in [-0.3, -0.25) is 9.59 Å². The standard InChI is InChI=1S/C22H21FN4O3/c1-24-22(29)18-7-12(21(28)27-20-14-9-30-10-15(14)20)6-13(26-18)5-11-3-2-4-17-19(11)16(23)8-25-17/h2-4,6-8,14-15,20,25H,5,9-10H2,1H3,(H,24,29)(H,27,28). The van der Waals surface area contributed by atoms with Crippen molar-refractivity contribution in [3.8, 4) is 0 Å². The number of aromatic amines is 1. The third kappa shape index (κ3) is 3.23. The molecule has 2 fully saturated rings. The highest BCUT2D eigenvalue weighted by molar-refractivity contribution is 5.99. The molecule has 2 unspecified atom stereocenters. The fourth-order valence-corrected chi connectivity index (χ4v) is 4.30. The first kappa shape index (κ1) is 18.7. The molecule has 1 aromatic carbocycles. The van der Waals surface area contributed by atoms with Crippen LogP contribution in [0.25, 0.3) is 10.9 Å². The molecular weight excluding hydrogens is 387 g/mol. The van der Waals surface area contributed by atoms with Crippen LogP contribution in [0.3, 0.4) is 0 Å². The van der Waals surface area contributed by atoms with Crippen LogP contribution in [0.4, 0.5) is 4.39 Å². The van der Waals surface area contributed by atoms with Gasteiger partial charge in [0.25, 0.3) is 11.8 Å². The summed E-state index contributed by atoms with van der Waals surface area (Å²) in [5, 5.41) is 6.07. The highest BCUT2D eigenvalue weighted by Crippen LogP contribution is 2.44. The van der Waals surface area contributed by atoms with Crippen molar-refractivity contribution in [1.82, 2.24) is 20.6 Å². The second-order valence-electron chi connectivity index (χ2n) is 7.83. The molecule has 7 nitrogen and oxygen atoms in total. The number of aromatic nitrogens is 2. The van der Waals surface area contributed by atoms with Gasteiger partial charge in [-0.2, -0.15) is 0 Å². The number of carbonyl (C=O) groups excluding carboxylic acids is 2. The molecule has 2 amide bonds. The van der Waals surface area contributed by atoms with Gasteiger partial charge >= 0.3 is 0 Å². The molecular formula is C22H21FN4O3. The van der Waals surface area contributed by atoms with E-state index in [0.29, 0.717) is 53.6 Å². The zero-order chi connectivity index (χ0) is 20.8. The quantitative estimate of drug-likeness (QED) is 0.602. The molecule has 0 bridgehead atoms. The van der Waals surface area contributed by atoms with Gasteiger partial charge in [-0.1, -0.05) is 12.1 Å². The topological polar surface area (TPSA) is 96.1 Å². The maximum Gasteiger partial charge on any atom is 0.269 e. The van der Waals surface area contributed by atoms with Gasteiger partial charge in [-0.05, 0) is 23.8 Å². The number of H-pyrrole nitrogens is 1. The Hall–Kier alpha value is -3.26. The van der Waals surface area contributed by atoms with Gasteiger partial charge in [0, 0.05) is 59.7 Å². The number of carbonyl (C=O) groups is 2.